The third kappa shape index (κ3) is 4.43. The van der Waals surface area contributed by atoms with Crippen molar-refractivity contribution in [2.45, 2.75) is 32.2 Å². The molecule has 1 aromatic carbocycles. The molecule has 1 amide bonds. The summed E-state index contributed by atoms with van der Waals surface area (Å²) in [7, 11) is 1.85. The van der Waals surface area contributed by atoms with Gasteiger partial charge >= 0.3 is 0 Å². The van der Waals surface area contributed by atoms with Gasteiger partial charge in [-0.05, 0) is 56.6 Å². The second kappa shape index (κ2) is 8.79. The molecule has 3 heterocycles. The van der Waals surface area contributed by atoms with Gasteiger partial charge < -0.3 is 5.32 Å². The third-order valence-electron chi connectivity index (χ3n) is 5.65. The topological polar surface area (TPSA) is 78.8 Å². The maximum atomic E-state index is 13.4. The van der Waals surface area contributed by atoms with Crippen LogP contribution in [0.5, 0.6) is 0 Å². The number of hydrogen-bond acceptors (Lipinski definition) is 4. The van der Waals surface area contributed by atoms with Crippen molar-refractivity contribution < 1.29 is 9.18 Å². The zero-order chi connectivity index (χ0) is 21.1. The Morgan fingerprint density at radius 1 is 1.23 bits per heavy atom. The van der Waals surface area contributed by atoms with Crippen LogP contribution in [0.25, 0.3) is 11.3 Å². The quantitative estimate of drug-likeness (QED) is 0.654. The van der Waals surface area contributed by atoms with Crippen LogP contribution in [0.15, 0.2) is 36.5 Å². The van der Waals surface area contributed by atoms with Gasteiger partial charge in [0.2, 0.25) is 0 Å². The first-order valence-corrected chi connectivity index (χ1v) is 10.3. The summed E-state index contributed by atoms with van der Waals surface area (Å²) < 4.78 is 15.1. The molecule has 0 spiro atoms. The lowest BCUT2D eigenvalue weighted by molar-refractivity contribution is 0.0919. The van der Waals surface area contributed by atoms with E-state index >= 15 is 0 Å². The Morgan fingerprint density at radius 2 is 1.97 bits per heavy atom. The minimum absolute atomic E-state index is 0.0119. The van der Waals surface area contributed by atoms with Gasteiger partial charge in [0.1, 0.15) is 11.5 Å². The molecule has 1 aliphatic heterocycles. The van der Waals surface area contributed by atoms with Crippen molar-refractivity contribution in [2.75, 3.05) is 19.6 Å². The normalized spacial score (nSPS) is 15.8. The van der Waals surface area contributed by atoms with E-state index in [2.05, 4.69) is 25.5 Å². The molecule has 2 aromatic heterocycles. The van der Waals surface area contributed by atoms with E-state index in [9.17, 15) is 9.18 Å². The van der Waals surface area contributed by atoms with Gasteiger partial charge in [-0.25, -0.2) is 4.39 Å². The average Bonchev–Trinajstić information content (AvgIpc) is 3.36. The summed E-state index contributed by atoms with van der Waals surface area (Å²) in [5.74, 6) is -0.463. The van der Waals surface area contributed by atoms with Crippen LogP contribution in [0, 0.1) is 12.7 Å². The zero-order valence-electron chi connectivity index (χ0n) is 17.4. The highest BCUT2D eigenvalue weighted by molar-refractivity contribution is 5.93. The van der Waals surface area contributed by atoms with E-state index in [1.165, 1.54) is 18.6 Å². The number of halogens is 1. The standard InChI is InChI=1S/C22H27FN6O/c1-15-18(14-28(2)27-15)19-12-20(26-25-19)22(30)24-13-21(29-10-4-3-5-11-29)16-6-8-17(23)9-7-16/h6-9,12,14,21H,3-5,10-11,13H2,1-2H3,(H,24,30)(H,25,26)/t21-/m1/s1. The highest BCUT2D eigenvalue weighted by atomic mass is 19.1. The molecule has 0 bridgehead atoms. The summed E-state index contributed by atoms with van der Waals surface area (Å²) >= 11 is 0. The lowest BCUT2D eigenvalue weighted by Gasteiger charge is -2.35. The van der Waals surface area contributed by atoms with E-state index in [1.54, 1.807) is 22.9 Å². The van der Waals surface area contributed by atoms with Crippen molar-refractivity contribution in [2.24, 2.45) is 7.05 Å². The molecular formula is C22H27FN6O. The van der Waals surface area contributed by atoms with Gasteiger partial charge in [-0.1, -0.05) is 18.6 Å². The van der Waals surface area contributed by atoms with Crippen LogP contribution in [-0.4, -0.2) is 50.4 Å². The maximum absolute atomic E-state index is 13.4. The molecule has 0 radical (unpaired) electrons. The molecule has 1 fully saturated rings. The lowest BCUT2D eigenvalue weighted by Crippen LogP contribution is -2.40. The van der Waals surface area contributed by atoms with Crippen molar-refractivity contribution in [3.63, 3.8) is 0 Å². The number of likely N-dealkylation sites (tertiary alicyclic amines) is 1. The molecule has 8 heteroatoms. The first kappa shape index (κ1) is 20.3. The number of benzene rings is 1. The number of carbonyl (C=O) groups is 1. The number of H-pyrrole nitrogens is 1. The van der Waals surface area contributed by atoms with Gasteiger partial charge in [0, 0.05) is 25.4 Å². The van der Waals surface area contributed by atoms with Crippen LogP contribution < -0.4 is 5.32 Å². The molecule has 1 aliphatic rings. The van der Waals surface area contributed by atoms with E-state index in [0.717, 1.165) is 42.8 Å². The van der Waals surface area contributed by atoms with Crippen LogP contribution in [0.2, 0.25) is 0 Å². The minimum atomic E-state index is -0.254. The predicted molar refractivity (Wildman–Crippen MR) is 112 cm³/mol. The van der Waals surface area contributed by atoms with Crippen LogP contribution in [0.4, 0.5) is 4.39 Å². The number of nitrogens with one attached hydrogen (secondary N) is 2. The molecule has 7 nitrogen and oxygen atoms in total. The smallest absolute Gasteiger partial charge is 0.269 e. The van der Waals surface area contributed by atoms with Gasteiger partial charge in [0.05, 0.1) is 17.4 Å². The fourth-order valence-electron chi connectivity index (χ4n) is 4.08. The fraction of sp³-hybridized carbons (Fsp3) is 0.409. The molecule has 4 rings (SSSR count). The molecule has 0 saturated carbocycles. The lowest BCUT2D eigenvalue weighted by atomic mass is 10.0. The zero-order valence-corrected chi connectivity index (χ0v) is 17.4. The summed E-state index contributed by atoms with van der Waals surface area (Å²) in [5, 5.41) is 14.5. The van der Waals surface area contributed by atoms with Crippen molar-refractivity contribution >= 4 is 5.91 Å². The van der Waals surface area contributed by atoms with Crippen molar-refractivity contribution in [1.82, 2.24) is 30.2 Å². The first-order chi connectivity index (χ1) is 14.5. The molecule has 3 aromatic rings. The molecule has 30 heavy (non-hydrogen) atoms. The number of rotatable bonds is 6. The Labute approximate surface area is 175 Å². The summed E-state index contributed by atoms with van der Waals surface area (Å²) in [6.07, 6.45) is 5.39. The molecule has 0 unspecified atom stereocenters. The summed E-state index contributed by atoms with van der Waals surface area (Å²) in [4.78, 5) is 15.1. The molecule has 1 saturated heterocycles. The van der Waals surface area contributed by atoms with E-state index in [4.69, 9.17) is 0 Å². The van der Waals surface area contributed by atoms with E-state index in [-0.39, 0.29) is 17.8 Å². The van der Waals surface area contributed by atoms with E-state index in [1.807, 2.05) is 20.2 Å². The van der Waals surface area contributed by atoms with Gasteiger partial charge in [0.25, 0.3) is 5.91 Å². The number of piperidine rings is 1. The molecule has 2 N–H and O–H groups in total. The monoisotopic (exact) mass is 410 g/mol. The Hall–Kier alpha value is -3.00. The van der Waals surface area contributed by atoms with Crippen molar-refractivity contribution in [3.8, 4) is 11.3 Å². The highest BCUT2D eigenvalue weighted by Gasteiger charge is 2.23. The number of aryl methyl sites for hydroxylation is 2. The molecular weight excluding hydrogens is 383 g/mol. The minimum Gasteiger partial charge on any atom is -0.349 e. The Bertz CT molecular complexity index is 1000. The maximum Gasteiger partial charge on any atom is 0.269 e. The van der Waals surface area contributed by atoms with Crippen LogP contribution in [0.1, 0.15) is 47.1 Å². The number of carbonyl (C=O) groups excluding carboxylic acids is 1. The SMILES string of the molecule is Cc1nn(C)cc1-c1cc(C(=O)NC[C@H](c2ccc(F)cc2)N2CCCCC2)[nH]n1. The predicted octanol–water partition coefficient (Wildman–Crippen LogP) is 3.21. The summed E-state index contributed by atoms with van der Waals surface area (Å²) in [6, 6.07) is 8.32. The first-order valence-electron chi connectivity index (χ1n) is 10.3. The molecule has 1 atom stereocenters. The average molecular weight is 410 g/mol. The number of aromatic amines is 1. The van der Waals surface area contributed by atoms with Crippen molar-refractivity contribution in [1.29, 1.82) is 0 Å². The van der Waals surface area contributed by atoms with Crippen LogP contribution in [0.3, 0.4) is 0 Å². The number of aromatic nitrogens is 4. The van der Waals surface area contributed by atoms with Gasteiger partial charge in [0.15, 0.2) is 0 Å². The second-order valence-electron chi connectivity index (χ2n) is 7.84. The van der Waals surface area contributed by atoms with Crippen LogP contribution in [-0.2, 0) is 7.05 Å². The Morgan fingerprint density at radius 3 is 2.63 bits per heavy atom. The largest absolute Gasteiger partial charge is 0.349 e. The number of amides is 1. The van der Waals surface area contributed by atoms with Crippen LogP contribution >= 0.6 is 0 Å². The number of hydrogen-bond donors (Lipinski definition) is 2. The Kier molecular flexibility index (Phi) is 5.94. The highest BCUT2D eigenvalue weighted by Crippen LogP contribution is 2.25. The molecule has 158 valence electrons. The van der Waals surface area contributed by atoms with Crippen molar-refractivity contribution in [3.05, 3.63) is 59.3 Å². The van der Waals surface area contributed by atoms with E-state index < -0.39 is 0 Å². The van der Waals surface area contributed by atoms with Gasteiger partial charge in [-0.15, -0.1) is 0 Å². The summed E-state index contributed by atoms with van der Waals surface area (Å²) in [5.41, 5.74) is 3.86. The third-order valence-corrected chi connectivity index (χ3v) is 5.65. The molecule has 0 aliphatic carbocycles. The number of nitrogens with zero attached hydrogens (tertiary/aromatic N) is 4. The second-order valence-corrected chi connectivity index (χ2v) is 7.84. The summed E-state index contributed by atoms with van der Waals surface area (Å²) in [6.45, 7) is 4.32. The fourth-order valence-corrected chi connectivity index (χ4v) is 4.08. The van der Waals surface area contributed by atoms with Gasteiger partial charge in [-0.2, -0.15) is 10.2 Å². The van der Waals surface area contributed by atoms with E-state index in [0.29, 0.717) is 17.9 Å². The Balaban J connectivity index is 1.47. The van der Waals surface area contributed by atoms with Gasteiger partial charge in [-0.3, -0.25) is 19.5 Å².